The van der Waals surface area contributed by atoms with Crippen LogP contribution in [0.3, 0.4) is 0 Å². The van der Waals surface area contributed by atoms with Crippen molar-refractivity contribution in [1.82, 2.24) is 5.01 Å². The predicted molar refractivity (Wildman–Crippen MR) is 83.1 cm³/mol. The van der Waals surface area contributed by atoms with E-state index in [1.165, 1.54) is 0 Å². The maximum absolute atomic E-state index is 5.42. The largest absolute Gasteiger partial charge is 0.495 e. The van der Waals surface area contributed by atoms with Gasteiger partial charge in [-0.05, 0) is 24.3 Å². The molecule has 0 unspecified atom stereocenters. The lowest BCUT2D eigenvalue weighted by Crippen LogP contribution is -2.44. The molecule has 0 amide bonds. The Kier molecular flexibility index (Phi) is 4.09. The second-order valence-corrected chi connectivity index (χ2v) is 4.87. The van der Waals surface area contributed by atoms with Gasteiger partial charge < -0.3 is 14.1 Å². The minimum atomic E-state index is 0.780. The van der Waals surface area contributed by atoms with E-state index < -0.39 is 0 Å². The molecule has 0 bridgehead atoms. The number of rotatable bonds is 4. The van der Waals surface area contributed by atoms with Crippen LogP contribution in [0.5, 0.6) is 5.75 Å². The number of benzene rings is 1. The van der Waals surface area contributed by atoms with Crippen molar-refractivity contribution in [3.63, 3.8) is 0 Å². The van der Waals surface area contributed by atoms with Crippen molar-refractivity contribution < 1.29 is 9.15 Å². The molecule has 2 heterocycles. The summed E-state index contributed by atoms with van der Waals surface area (Å²) in [4.78, 5) is 2.33. The fraction of sp³-hybridized carbons (Fsp3) is 0.312. The average Bonchev–Trinajstić information content (AvgIpc) is 3.07. The summed E-state index contributed by atoms with van der Waals surface area (Å²) in [5, 5.41) is 6.52. The van der Waals surface area contributed by atoms with Crippen molar-refractivity contribution in [3.05, 3.63) is 48.4 Å². The maximum Gasteiger partial charge on any atom is 0.146 e. The van der Waals surface area contributed by atoms with Gasteiger partial charge >= 0.3 is 0 Å². The first-order chi connectivity index (χ1) is 10.4. The Morgan fingerprint density at radius 1 is 1.10 bits per heavy atom. The molecule has 0 aliphatic carbocycles. The van der Waals surface area contributed by atoms with Crippen LogP contribution in [0.15, 0.2) is 52.2 Å². The molecule has 0 atom stereocenters. The molecule has 110 valence electrons. The molecule has 0 N–H and O–H groups in total. The first-order valence-corrected chi connectivity index (χ1v) is 7.07. The molecule has 1 fully saturated rings. The summed E-state index contributed by atoms with van der Waals surface area (Å²) in [6.07, 6.45) is 3.42. The van der Waals surface area contributed by atoms with Crippen LogP contribution in [0.2, 0.25) is 0 Å². The third-order valence-electron chi connectivity index (χ3n) is 3.57. The summed E-state index contributed by atoms with van der Waals surface area (Å²) < 4.78 is 10.7. The number of ether oxygens (including phenoxy) is 1. The topological polar surface area (TPSA) is 41.2 Å². The zero-order chi connectivity index (χ0) is 14.5. The number of hydrogen-bond acceptors (Lipinski definition) is 5. The van der Waals surface area contributed by atoms with E-state index in [1.54, 1.807) is 19.6 Å². The van der Waals surface area contributed by atoms with Crippen LogP contribution in [-0.2, 0) is 0 Å². The molecular weight excluding hydrogens is 266 g/mol. The minimum Gasteiger partial charge on any atom is -0.495 e. The molecule has 2 aromatic rings. The van der Waals surface area contributed by atoms with Crippen molar-refractivity contribution in [2.45, 2.75) is 0 Å². The highest BCUT2D eigenvalue weighted by molar-refractivity contribution is 5.75. The molecule has 3 rings (SSSR count). The van der Waals surface area contributed by atoms with Crippen LogP contribution in [-0.4, -0.2) is 44.5 Å². The minimum absolute atomic E-state index is 0.780. The van der Waals surface area contributed by atoms with Gasteiger partial charge in [0.15, 0.2) is 0 Å². The van der Waals surface area contributed by atoms with Crippen molar-refractivity contribution in [1.29, 1.82) is 0 Å². The summed E-state index contributed by atoms with van der Waals surface area (Å²) in [6.45, 7) is 3.62. The van der Waals surface area contributed by atoms with E-state index in [1.807, 2.05) is 30.3 Å². The zero-order valence-corrected chi connectivity index (χ0v) is 12.1. The van der Waals surface area contributed by atoms with E-state index in [4.69, 9.17) is 9.15 Å². The van der Waals surface area contributed by atoms with Crippen LogP contribution in [0, 0.1) is 0 Å². The lowest BCUT2D eigenvalue weighted by atomic mass is 10.2. The van der Waals surface area contributed by atoms with E-state index in [2.05, 4.69) is 21.1 Å². The van der Waals surface area contributed by atoms with Crippen molar-refractivity contribution in [3.8, 4) is 5.75 Å². The van der Waals surface area contributed by atoms with Crippen LogP contribution in [0.25, 0.3) is 0 Å². The lowest BCUT2D eigenvalue weighted by molar-refractivity contribution is 0.270. The highest BCUT2D eigenvalue weighted by Gasteiger charge is 2.18. The number of furan rings is 1. The van der Waals surface area contributed by atoms with Crippen LogP contribution >= 0.6 is 0 Å². The van der Waals surface area contributed by atoms with Gasteiger partial charge in [-0.25, -0.2) is 0 Å². The molecule has 21 heavy (non-hydrogen) atoms. The van der Waals surface area contributed by atoms with Gasteiger partial charge in [-0.3, -0.25) is 5.01 Å². The lowest BCUT2D eigenvalue weighted by Gasteiger charge is -2.35. The number of hydrazone groups is 1. The van der Waals surface area contributed by atoms with Gasteiger partial charge in [0.2, 0.25) is 0 Å². The summed E-state index contributed by atoms with van der Waals surface area (Å²) >= 11 is 0. The van der Waals surface area contributed by atoms with Gasteiger partial charge in [-0.2, -0.15) is 5.10 Å². The van der Waals surface area contributed by atoms with E-state index in [0.29, 0.717) is 0 Å². The second kappa shape index (κ2) is 6.35. The summed E-state index contributed by atoms with van der Waals surface area (Å²) in [6, 6.07) is 11.9. The smallest absolute Gasteiger partial charge is 0.146 e. The molecule has 1 aromatic carbocycles. The molecule has 5 nitrogen and oxygen atoms in total. The summed E-state index contributed by atoms with van der Waals surface area (Å²) in [7, 11) is 1.71. The Balaban J connectivity index is 1.60. The van der Waals surface area contributed by atoms with E-state index in [-0.39, 0.29) is 0 Å². The number of nitrogens with zero attached hydrogens (tertiary/aromatic N) is 3. The Hall–Kier alpha value is -2.43. The summed E-state index contributed by atoms with van der Waals surface area (Å²) in [5.74, 6) is 1.70. The van der Waals surface area contributed by atoms with Crippen molar-refractivity contribution in [2.75, 3.05) is 38.2 Å². The van der Waals surface area contributed by atoms with Crippen molar-refractivity contribution >= 4 is 11.9 Å². The fourth-order valence-electron chi connectivity index (χ4n) is 2.45. The van der Waals surface area contributed by atoms with Gasteiger partial charge in [0, 0.05) is 13.1 Å². The van der Waals surface area contributed by atoms with E-state index in [9.17, 15) is 0 Å². The molecule has 0 radical (unpaired) electrons. The molecule has 1 saturated heterocycles. The van der Waals surface area contributed by atoms with Gasteiger partial charge in [0.1, 0.15) is 11.5 Å². The number of para-hydroxylation sites is 2. The molecule has 0 spiro atoms. The zero-order valence-electron chi connectivity index (χ0n) is 12.1. The van der Waals surface area contributed by atoms with Gasteiger partial charge in [-0.1, -0.05) is 12.1 Å². The third-order valence-corrected chi connectivity index (χ3v) is 3.57. The maximum atomic E-state index is 5.42. The van der Waals surface area contributed by atoms with E-state index in [0.717, 1.165) is 43.4 Å². The number of methoxy groups -OCH3 is 1. The molecule has 1 aromatic heterocycles. The summed E-state index contributed by atoms with van der Waals surface area (Å²) in [5.41, 5.74) is 1.15. The molecule has 1 aliphatic heterocycles. The Morgan fingerprint density at radius 3 is 2.62 bits per heavy atom. The Morgan fingerprint density at radius 2 is 1.90 bits per heavy atom. The van der Waals surface area contributed by atoms with Gasteiger partial charge in [0.25, 0.3) is 0 Å². The highest BCUT2D eigenvalue weighted by Crippen LogP contribution is 2.28. The standard InChI is InChI=1S/C16H19N3O2/c1-20-16-7-3-2-6-15(16)18-8-10-19(11-9-18)17-13-14-5-4-12-21-14/h2-7,12-13H,8-11H2,1H3/b17-13+. The number of anilines is 1. The molecule has 5 heteroatoms. The fourth-order valence-corrected chi connectivity index (χ4v) is 2.45. The first-order valence-electron chi connectivity index (χ1n) is 7.07. The second-order valence-electron chi connectivity index (χ2n) is 4.87. The van der Waals surface area contributed by atoms with Gasteiger partial charge in [0.05, 0.1) is 38.4 Å². The van der Waals surface area contributed by atoms with Gasteiger partial charge in [-0.15, -0.1) is 0 Å². The molecule has 1 aliphatic rings. The predicted octanol–water partition coefficient (Wildman–Crippen LogP) is 2.44. The quantitative estimate of drug-likeness (QED) is 0.809. The third kappa shape index (κ3) is 3.18. The number of piperazine rings is 1. The Labute approximate surface area is 124 Å². The van der Waals surface area contributed by atoms with Crippen LogP contribution < -0.4 is 9.64 Å². The monoisotopic (exact) mass is 285 g/mol. The van der Waals surface area contributed by atoms with E-state index >= 15 is 0 Å². The normalized spacial score (nSPS) is 15.7. The molecule has 0 saturated carbocycles. The van der Waals surface area contributed by atoms with Crippen LogP contribution in [0.1, 0.15) is 5.76 Å². The SMILES string of the molecule is COc1ccccc1N1CCN(/N=C/c2ccco2)CC1. The van der Waals surface area contributed by atoms with Crippen molar-refractivity contribution in [2.24, 2.45) is 5.10 Å². The highest BCUT2D eigenvalue weighted by atomic mass is 16.5. The Bertz CT molecular complexity index is 587. The van der Waals surface area contributed by atoms with Crippen LogP contribution in [0.4, 0.5) is 5.69 Å². The number of hydrogen-bond donors (Lipinski definition) is 0. The first kappa shape index (κ1) is 13.5. The average molecular weight is 285 g/mol. The molecular formula is C16H19N3O2.